The van der Waals surface area contributed by atoms with Gasteiger partial charge < -0.3 is 20.3 Å². The standard InChI is InChI=1S/C22H25N3O3/c26-21(24-19-12-14-28-20-11-5-4-10-18(19)20)16-7-6-13-25(15-16)22(27)23-17-8-2-1-3-9-17/h1-5,8-11,16,19H,6-7,12-15H2,(H,23,27)(H,24,26)/t16-,19+/m1/s1. The highest BCUT2D eigenvalue weighted by Crippen LogP contribution is 2.32. The molecule has 1 saturated heterocycles. The summed E-state index contributed by atoms with van der Waals surface area (Å²) in [6, 6.07) is 17.0. The summed E-state index contributed by atoms with van der Waals surface area (Å²) >= 11 is 0. The number of hydrogen-bond donors (Lipinski definition) is 2. The highest BCUT2D eigenvalue weighted by Gasteiger charge is 2.31. The number of amides is 3. The summed E-state index contributed by atoms with van der Waals surface area (Å²) in [6.45, 7) is 1.70. The molecule has 0 bridgehead atoms. The van der Waals surface area contributed by atoms with E-state index in [4.69, 9.17) is 4.74 Å². The maximum atomic E-state index is 12.9. The van der Waals surface area contributed by atoms with E-state index in [1.807, 2.05) is 54.6 Å². The Balaban J connectivity index is 1.37. The molecule has 0 saturated carbocycles. The number of benzene rings is 2. The lowest BCUT2D eigenvalue weighted by Crippen LogP contribution is -2.47. The average molecular weight is 379 g/mol. The molecule has 4 rings (SSSR count). The quantitative estimate of drug-likeness (QED) is 0.856. The van der Waals surface area contributed by atoms with Crippen LogP contribution in [0.5, 0.6) is 5.75 Å². The van der Waals surface area contributed by atoms with Crippen molar-refractivity contribution in [1.82, 2.24) is 10.2 Å². The second kappa shape index (κ2) is 8.33. The number of anilines is 1. The van der Waals surface area contributed by atoms with E-state index in [9.17, 15) is 9.59 Å². The number of hydrogen-bond acceptors (Lipinski definition) is 3. The zero-order valence-corrected chi connectivity index (χ0v) is 15.8. The van der Waals surface area contributed by atoms with Gasteiger partial charge in [-0.3, -0.25) is 4.79 Å². The molecule has 146 valence electrons. The minimum Gasteiger partial charge on any atom is -0.493 e. The Morgan fingerprint density at radius 3 is 2.64 bits per heavy atom. The number of carbonyl (C=O) groups excluding carboxylic acids is 2. The lowest BCUT2D eigenvalue weighted by Gasteiger charge is -2.34. The van der Waals surface area contributed by atoms with E-state index >= 15 is 0 Å². The monoisotopic (exact) mass is 379 g/mol. The summed E-state index contributed by atoms with van der Waals surface area (Å²) in [6.07, 6.45) is 2.38. The summed E-state index contributed by atoms with van der Waals surface area (Å²) in [4.78, 5) is 27.2. The molecule has 0 aromatic heterocycles. The third-order valence-corrected chi connectivity index (χ3v) is 5.38. The summed E-state index contributed by atoms with van der Waals surface area (Å²) in [7, 11) is 0. The van der Waals surface area contributed by atoms with Crippen molar-refractivity contribution in [3.8, 4) is 5.75 Å². The molecular weight excluding hydrogens is 354 g/mol. The van der Waals surface area contributed by atoms with Crippen LogP contribution in [0.4, 0.5) is 10.5 Å². The molecule has 1 fully saturated rings. The van der Waals surface area contributed by atoms with Crippen molar-refractivity contribution >= 4 is 17.6 Å². The molecule has 3 amide bonds. The van der Waals surface area contributed by atoms with Gasteiger partial charge in [-0.1, -0.05) is 36.4 Å². The van der Waals surface area contributed by atoms with Crippen LogP contribution in [-0.4, -0.2) is 36.5 Å². The number of nitrogens with one attached hydrogen (secondary N) is 2. The summed E-state index contributed by atoms with van der Waals surface area (Å²) in [5.74, 6) is 0.663. The minimum atomic E-state index is -0.190. The van der Waals surface area contributed by atoms with E-state index in [1.165, 1.54) is 0 Å². The van der Waals surface area contributed by atoms with Crippen molar-refractivity contribution in [3.05, 3.63) is 60.2 Å². The summed E-state index contributed by atoms with van der Waals surface area (Å²) < 4.78 is 5.67. The third kappa shape index (κ3) is 4.11. The van der Waals surface area contributed by atoms with Crippen molar-refractivity contribution in [2.45, 2.75) is 25.3 Å². The molecule has 2 heterocycles. The summed E-state index contributed by atoms with van der Waals surface area (Å²) in [5, 5.41) is 6.08. The molecule has 2 aromatic carbocycles. The maximum Gasteiger partial charge on any atom is 0.321 e. The molecule has 0 spiro atoms. The zero-order valence-electron chi connectivity index (χ0n) is 15.8. The van der Waals surface area contributed by atoms with Gasteiger partial charge in [-0.05, 0) is 31.0 Å². The third-order valence-electron chi connectivity index (χ3n) is 5.38. The van der Waals surface area contributed by atoms with Gasteiger partial charge in [0.15, 0.2) is 0 Å². The van der Waals surface area contributed by atoms with E-state index in [-0.39, 0.29) is 23.9 Å². The van der Waals surface area contributed by atoms with Gasteiger partial charge in [-0.15, -0.1) is 0 Å². The highest BCUT2D eigenvalue weighted by atomic mass is 16.5. The molecule has 2 atom stereocenters. The number of urea groups is 1. The second-order valence-electron chi connectivity index (χ2n) is 7.32. The van der Waals surface area contributed by atoms with E-state index in [2.05, 4.69) is 10.6 Å². The fraction of sp³-hybridized carbons (Fsp3) is 0.364. The van der Waals surface area contributed by atoms with Gasteiger partial charge in [0.05, 0.1) is 18.6 Å². The number of para-hydroxylation sites is 2. The minimum absolute atomic E-state index is 0.0129. The molecule has 0 radical (unpaired) electrons. The van der Waals surface area contributed by atoms with E-state index in [0.717, 1.165) is 36.3 Å². The molecular formula is C22H25N3O3. The largest absolute Gasteiger partial charge is 0.493 e. The SMILES string of the molecule is O=C(N[C@H]1CCOc2ccccc21)[C@@H]1CCCN(C(=O)Nc2ccccc2)C1. The van der Waals surface area contributed by atoms with E-state index in [1.54, 1.807) is 4.90 Å². The molecule has 6 heteroatoms. The Morgan fingerprint density at radius 2 is 1.79 bits per heavy atom. The van der Waals surface area contributed by atoms with Gasteiger partial charge in [0.25, 0.3) is 0 Å². The first-order valence-electron chi connectivity index (χ1n) is 9.84. The van der Waals surface area contributed by atoms with Crippen LogP contribution in [0.15, 0.2) is 54.6 Å². The van der Waals surface area contributed by atoms with E-state index < -0.39 is 0 Å². The number of likely N-dealkylation sites (tertiary alicyclic amines) is 1. The zero-order chi connectivity index (χ0) is 19.3. The molecule has 2 N–H and O–H groups in total. The molecule has 6 nitrogen and oxygen atoms in total. The van der Waals surface area contributed by atoms with Crippen LogP contribution in [-0.2, 0) is 4.79 Å². The normalized spacial score (nSPS) is 21.2. The number of piperidine rings is 1. The Morgan fingerprint density at radius 1 is 1.00 bits per heavy atom. The van der Waals surface area contributed by atoms with Crippen LogP contribution < -0.4 is 15.4 Å². The lowest BCUT2D eigenvalue weighted by molar-refractivity contribution is -0.127. The first kappa shape index (κ1) is 18.3. The van der Waals surface area contributed by atoms with Gasteiger partial charge >= 0.3 is 6.03 Å². The van der Waals surface area contributed by atoms with Crippen LogP contribution in [0, 0.1) is 5.92 Å². The van der Waals surface area contributed by atoms with Gasteiger partial charge in [0.2, 0.25) is 5.91 Å². The van der Waals surface area contributed by atoms with Gasteiger partial charge in [0, 0.05) is 30.8 Å². The average Bonchev–Trinajstić information content (AvgIpc) is 2.75. The van der Waals surface area contributed by atoms with E-state index in [0.29, 0.717) is 19.7 Å². The Labute approximate surface area is 164 Å². The fourth-order valence-electron chi connectivity index (χ4n) is 3.88. The number of fused-ring (bicyclic) bond motifs is 1. The van der Waals surface area contributed by atoms with Crippen LogP contribution in [0.1, 0.15) is 30.9 Å². The van der Waals surface area contributed by atoms with Crippen LogP contribution in [0.3, 0.4) is 0 Å². The smallest absolute Gasteiger partial charge is 0.321 e. The van der Waals surface area contributed by atoms with Crippen molar-refractivity contribution < 1.29 is 14.3 Å². The summed E-state index contributed by atoms with van der Waals surface area (Å²) in [5.41, 5.74) is 1.79. The van der Waals surface area contributed by atoms with Crippen LogP contribution in [0.25, 0.3) is 0 Å². The van der Waals surface area contributed by atoms with Crippen LogP contribution >= 0.6 is 0 Å². The topological polar surface area (TPSA) is 70.7 Å². The molecule has 2 aromatic rings. The fourth-order valence-corrected chi connectivity index (χ4v) is 3.88. The molecule has 28 heavy (non-hydrogen) atoms. The number of ether oxygens (including phenoxy) is 1. The first-order valence-corrected chi connectivity index (χ1v) is 9.84. The number of rotatable bonds is 3. The first-order chi connectivity index (χ1) is 13.7. The van der Waals surface area contributed by atoms with Gasteiger partial charge in [-0.25, -0.2) is 4.79 Å². The number of nitrogens with zero attached hydrogens (tertiary/aromatic N) is 1. The van der Waals surface area contributed by atoms with Crippen molar-refractivity contribution in [1.29, 1.82) is 0 Å². The van der Waals surface area contributed by atoms with Crippen molar-refractivity contribution in [2.24, 2.45) is 5.92 Å². The van der Waals surface area contributed by atoms with Crippen LogP contribution in [0.2, 0.25) is 0 Å². The van der Waals surface area contributed by atoms with Crippen molar-refractivity contribution in [2.75, 3.05) is 25.0 Å². The molecule has 0 aliphatic carbocycles. The predicted molar refractivity (Wildman–Crippen MR) is 107 cm³/mol. The lowest BCUT2D eigenvalue weighted by atomic mass is 9.95. The highest BCUT2D eigenvalue weighted by molar-refractivity contribution is 5.90. The molecule has 0 unspecified atom stereocenters. The van der Waals surface area contributed by atoms with Gasteiger partial charge in [-0.2, -0.15) is 0 Å². The molecule has 2 aliphatic heterocycles. The Bertz CT molecular complexity index is 840. The maximum absolute atomic E-state index is 12.9. The second-order valence-corrected chi connectivity index (χ2v) is 7.32. The van der Waals surface area contributed by atoms with Gasteiger partial charge in [0.1, 0.15) is 5.75 Å². The number of carbonyl (C=O) groups is 2. The van der Waals surface area contributed by atoms with Crippen molar-refractivity contribution in [3.63, 3.8) is 0 Å². The predicted octanol–water partition coefficient (Wildman–Crippen LogP) is 3.57. The Hall–Kier alpha value is -3.02. The Kier molecular flexibility index (Phi) is 5.46. The molecule has 2 aliphatic rings.